The minimum atomic E-state index is -0.142. The highest BCUT2D eigenvalue weighted by atomic mass is 79.9. The van der Waals surface area contributed by atoms with Crippen molar-refractivity contribution in [2.45, 2.75) is 45.6 Å². The fourth-order valence-corrected chi connectivity index (χ4v) is 2.74. The van der Waals surface area contributed by atoms with E-state index in [-0.39, 0.29) is 11.0 Å². The van der Waals surface area contributed by atoms with Crippen LogP contribution >= 0.6 is 15.9 Å². The lowest BCUT2D eigenvalue weighted by molar-refractivity contribution is 0.216. The van der Waals surface area contributed by atoms with Crippen molar-refractivity contribution in [3.05, 3.63) is 21.2 Å². The topological polar surface area (TPSA) is 57.8 Å². The number of hydrogen-bond donors (Lipinski definition) is 2. The summed E-state index contributed by atoms with van der Waals surface area (Å²) in [4.78, 5) is 18.2. The van der Waals surface area contributed by atoms with E-state index in [1.54, 1.807) is 0 Å². The zero-order valence-electron chi connectivity index (χ0n) is 10.2. The Labute approximate surface area is 109 Å². The zero-order chi connectivity index (χ0) is 12.5. The molecule has 0 bridgehead atoms. The maximum absolute atomic E-state index is 11.5. The molecule has 1 saturated carbocycles. The third-order valence-electron chi connectivity index (χ3n) is 3.61. The number of aromatic amines is 1. The third-order valence-corrected chi connectivity index (χ3v) is 4.35. The maximum atomic E-state index is 11.5. The molecule has 1 aromatic heterocycles. The smallest absolute Gasteiger partial charge is 0.267 e. The number of H-pyrrole nitrogens is 1. The molecule has 1 fully saturated rings. The van der Waals surface area contributed by atoms with E-state index in [2.05, 4.69) is 45.1 Å². The number of nitrogens with zero attached hydrogens (tertiary/aromatic N) is 1. The van der Waals surface area contributed by atoms with Crippen molar-refractivity contribution in [3.63, 3.8) is 0 Å². The second-order valence-corrected chi connectivity index (χ2v) is 6.12. The van der Waals surface area contributed by atoms with Crippen LogP contribution in [0.2, 0.25) is 0 Å². The average Bonchev–Trinajstić information content (AvgIpc) is 2.27. The highest BCUT2D eigenvalue weighted by molar-refractivity contribution is 9.10. The van der Waals surface area contributed by atoms with Gasteiger partial charge in [0.05, 0.1) is 6.33 Å². The lowest BCUT2D eigenvalue weighted by Crippen LogP contribution is -2.39. The van der Waals surface area contributed by atoms with Crippen LogP contribution in [0.5, 0.6) is 0 Å². The molecule has 94 valence electrons. The molecule has 17 heavy (non-hydrogen) atoms. The van der Waals surface area contributed by atoms with Crippen molar-refractivity contribution in [1.29, 1.82) is 0 Å². The maximum Gasteiger partial charge on any atom is 0.267 e. The molecule has 0 aromatic carbocycles. The molecule has 5 heteroatoms. The summed E-state index contributed by atoms with van der Waals surface area (Å²) in [6, 6.07) is 0.377. The summed E-state index contributed by atoms with van der Waals surface area (Å²) in [7, 11) is 0. The number of aromatic nitrogens is 2. The Kier molecular flexibility index (Phi) is 3.56. The first kappa shape index (κ1) is 12.6. The molecule has 0 spiro atoms. The highest BCUT2D eigenvalue weighted by Crippen LogP contribution is 2.37. The Balaban J connectivity index is 2.20. The molecule has 1 aliphatic carbocycles. The third kappa shape index (κ3) is 2.70. The van der Waals surface area contributed by atoms with E-state index in [0.717, 1.165) is 6.42 Å². The van der Waals surface area contributed by atoms with E-state index in [1.165, 1.54) is 25.6 Å². The fourth-order valence-electron chi connectivity index (χ4n) is 2.41. The van der Waals surface area contributed by atoms with Crippen molar-refractivity contribution in [1.82, 2.24) is 9.97 Å². The lowest BCUT2D eigenvalue weighted by Gasteiger charge is -2.39. The Hall–Kier alpha value is -0.840. The van der Waals surface area contributed by atoms with Gasteiger partial charge in [-0.05, 0) is 34.2 Å². The summed E-state index contributed by atoms with van der Waals surface area (Å²) in [5, 5.41) is 3.40. The van der Waals surface area contributed by atoms with Gasteiger partial charge in [0.1, 0.15) is 10.3 Å². The summed E-state index contributed by atoms with van der Waals surface area (Å²) in [5.74, 6) is 0.647. The van der Waals surface area contributed by atoms with Crippen LogP contribution in [-0.4, -0.2) is 16.0 Å². The van der Waals surface area contributed by atoms with Crippen molar-refractivity contribution in [2.24, 2.45) is 5.41 Å². The SMILES string of the molecule is CC1(C)CCCCC1Nc1nc[nH]c(=O)c1Br. The summed E-state index contributed by atoms with van der Waals surface area (Å²) in [5.41, 5.74) is 0.109. The first-order chi connectivity index (χ1) is 8.00. The molecule has 1 atom stereocenters. The van der Waals surface area contributed by atoms with Gasteiger partial charge < -0.3 is 10.3 Å². The van der Waals surface area contributed by atoms with Gasteiger partial charge in [0.25, 0.3) is 5.56 Å². The van der Waals surface area contributed by atoms with Crippen LogP contribution in [0.1, 0.15) is 39.5 Å². The summed E-state index contributed by atoms with van der Waals surface area (Å²) in [6.45, 7) is 4.54. The normalized spacial score (nSPS) is 23.4. The molecule has 1 heterocycles. The van der Waals surface area contributed by atoms with Gasteiger partial charge in [0.2, 0.25) is 0 Å². The van der Waals surface area contributed by atoms with Crippen molar-refractivity contribution >= 4 is 21.7 Å². The van der Waals surface area contributed by atoms with Gasteiger partial charge in [-0.3, -0.25) is 4.79 Å². The Morgan fingerprint density at radius 1 is 1.53 bits per heavy atom. The van der Waals surface area contributed by atoms with Crippen LogP contribution in [0, 0.1) is 5.41 Å². The number of hydrogen-bond acceptors (Lipinski definition) is 3. The van der Waals surface area contributed by atoms with Gasteiger partial charge in [0.15, 0.2) is 0 Å². The van der Waals surface area contributed by atoms with Crippen LogP contribution in [0.15, 0.2) is 15.6 Å². The van der Waals surface area contributed by atoms with E-state index in [1.807, 2.05) is 0 Å². The first-order valence-corrected chi connectivity index (χ1v) is 6.80. The van der Waals surface area contributed by atoms with Crippen LogP contribution in [0.3, 0.4) is 0 Å². The Morgan fingerprint density at radius 3 is 3.00 bits per heavy atom. The number of halogens is 1. The number of nitrogens with one attached hydrogen (secondary N) is 2. The van der Waals surface area contributed by atoms with E-state index in [9.17, 15) is 4.79 Å². The number of rotatable bonds is 2. The van der Waals surface area contributed by atoms with Crippen LogP contribution < -0.4 is 10.9 Å². The van der Waals surface area contributed by atoms with Crippen LogP contribution in [0.4, 0.5) is 5.82 Å². The largest absolute Gasteiger partial charge is 0.366 e. The molecule has 4 nitrogen and oxygen atoms in total. The predicted molar refractivity (Wildman–Crippen MR) is 72.2 cm³/mol. The second kappa shape index (κ2) is 4.80. The molecule has 1 aliphatic rings. The molecule has 0 radical (unpaired) electrons. The van der Waals surface area contributed by atoms with Gasteiger partial charge in [0, 0.05) is 6.04 Å². The van der Waals surface area contributed by atoms with Crippen molar-refractivity contribution in [2.75, 3.05) is 5.32 Å². The predicted octanol–water partition coefficient (Wildman–Crippen LogP) is 2.91. The molecule has 0 amide bonds. The van der Waals surface area contributed by atoms with Gasteiger partial charge in [-0.15, -0.1) is 0 Å². The van der Waals surface area contributed by atoms with Gasteiger partial charge in [-0.1, -0.05) is 26.7 Å². The fraction of sp³-hybridized carbons (Fsp3) is 0.667. The molecular weight excluding hydrogens is 282 g/mol. The first-order valence-electron chi connectivity index (χ1n) is 6.00. The second-order valence-electron chi connectivity index (χ2n) is 5.33. The Bertz CT molecular complexity index is 455. The minimum absolute atomic E-state index is 0.142. The lowest BCUT2D eigenvalue weighted by atomic mass is 9.73. The molecule has 2 N–H and O–H groups in total. The summed E-state index contributed by atoms with van der Waals surface area (Å²) >= 11 is 3.28. The monoisotopic (exact) mass is 299 g/mol. The average molecular weight is 300 g/mol. The molecule has 0 aliphatic heterocycles. The van der Waals surface area contributed by atoms with Crippen molar-refractivity contribution < 1.29 is 0 Å². The molecule has 1 unspecified atom stereocenters. The molecule has 1 aromatic rings. The van der Waals surface area contributed by atoms with E-state index < -0.39 is 0 Å². The molecular formula is C12H18BrN3O. The van der Waals surface area contributed by atoms with Crippen molar-refractivity contribution in [3.8, 4) is 0 Å². The highest BCUT2D eigenvalue weighted by Gasteiger charge is 2.32. The van der Waals surface area contributed by atoms with E-state index in [4.69, 9.17) is 0 Å². The van der Waals surface area contributed by atoms with E-state index >= 15 is 0 Å². The molecule has 2 rings (SSSR count). The minimum Gasteiger partial charge on any atom is -0.366 e. The van der Waals surface area contributed by atoms with Gasteiger partial charge in [-0.2, -0.15) is 0 Å². The van der Waals surface area contributed by atoms with Crippen LogP contribution in [-0.2, 0) is 0 Å². The standard InChI is InChI=1S/C12H18BrN3O/c1-12(2)6-4-3-5-8(12)16-10-9(13)11(17)15-7-14-10/h7-8H,3-6H2,1-2H3,(H2,14,15,16,17). The van der Waals surface area contributed by atoms with Gasteiger partial charge >= 0.3 is 0 Å². The summed E-state index contributed by atoms with van der Waals surface area (Å²) < 4.78 is 0.487. The molecule has 0 saturated heterocycles. The zero-order valence-corrected chi connectivity index (χ0v) is 11.8. The summed E-state index contributed by atoms with van der Waals surface area (Å²) in [6.07, 6.45) is 6.31. The number of anilines is 1. The van der Waals surface area contributed by atoms with E-state index in [0.29, 0.717) is 16.3 Å². The van der Waals surface area contributed by atoms with Crippen LogP contribution in [0.25, 0.3) is 0 Å². The quantitative estimate of drug-likeness (QED) is 0.883. The Morgan fingerprint density at radius 2 is 2.29 bits per heavy atom. The van der Waals surface area contributed by atoms with Gasteiger partial charge in [-0.25, -0.2) is 4.98 Å².